The van der Waals surface area contributed by atoms with E-state index in [9.17, 15) is 9.90 Å². The highest BCUT2D eigenvalue weighted by molar-refractivity contribution is 5.69. The van der Waals surface area contributed by atoms with Gasteiger partial charge in [0.25, 0.3) is 0 Å². The van der Waals surface area contributed by atoms with E-state index in [2.05, 4.69) is 73.8 Å². The first kappa shape index (κ1) is 28.0. The quantitative estimate of drug-likeness (QED) is 0.194. The second-order valence-electron chi connectivity index (χ2n) is 7.59. The Hall–Kier alpha value is -3.07. The standard InChI is InChI=1S/C30H40O3/c1-2-3-4-5-6-7-8-9-10-11-12-13-14-15-16-17-18-19-20-21-30(32)33-27-26-28-22-24-29(31)25-23-28/h3-4,6-7,9-10,12-13,15-16,18-19,22-25,31H,2,5,8,11,14,17,20-21,26-27H2,1H3/b4-3-,7-6-,10-9-,13-12-,16-15-,19-18-. The largest absolute Gasteiger partial charge is 0.508 e. The molecule has 1 N–H and O–H groups in total. The molecule has 0 aliphatic heterocycles. The van der Waals surface area contributed by atoms with Crippen LogP contribution in [-0.4, -0.2) is 17.7 Å². The van der Waals surface area contributed by atoms with Gasteiger partial charge >= 0.3 is 5.97 Å². The van der Waals surface area contributed by atoms with E-state index in [4.69, 9.17) is 4.74 Å². The first-order valence-electron chi connectivity index (χ1n) is 12.1. The molecule has 0 fully saturated rings. The predicted molar refractivity (Wildman–Crippen MR) is 140 cm³/mol. The molecule has 0 aliphatic carbocycles. The molecule has 0 spiro atoms. The molecule has 0 aliphatic rings. The number of phenols is 1. The average molecular weight is 449 g/mol. The van der Waals surface area contributed by atoms with Crippen molar-refractivity contribution in [2.75, 3.05) is 6.61 Å². The zero-order chi connectivity index (χ0) is 23.8. The molecule has 1 aromatic rings. The second-order valence-corrected chi connectivity index (χ2v) is 7.59. The van der Waals surface area contributed by atoms with Gasteiger partial charge in [-0.15, -0.1) is 0 Å². The van der Waals surface area contributed by atoms with Crippen LogP contribution in [0.3, 0.4) is 0 Å². The molecule has 178 valence electrons. The Bertz CT molecular complexity index is 792. The van der Waals surface area contributed by atoms with Crippen molar-refractivity contribution >= 4 is 5.97 Å². The number of carbonyl (C=O) groups is 1. The Kier molecular flexibility index (Phi) is 17.6. The summed E-state index contributed by atoms with van der Waals surface area (Å²) in [5.41, 5.74) is 1.04. The van der Waals surface area contributed by atoms with Crippen LogP contribution in [-0.2, 0) is 16.0 Å². The number of rotatable bonds is 17. The van der Waals surface area contributed by atoms with E-state index < -0.39 is 0 Å². The molecule has 0 saturated heterocycles. The molecular formula is C30H40O3. The van der Waals surface area contributed by atoms with Gasteiger partial charge < -0.3 is 9.84 Å². The van der Waals surface area contributed by atoms with E-state index in [1.165, 1.54) is 0 Å². The van der Waals surface area contributed by atoms with Crippen LogP contribution < -0.4 is 0 Å². The van der Waals surface area contributed by atoms with Crippen LogP contribution in [0.1, 0.15) is 63.9 Å². The summed E-state index contributed by atoms with van der Waals surface area (Å²) in [6, 6.07) is 6.94. The molecule has 0 saturated carbocycles. The molecule has 0 atom stereocenters. The lowest BCUT2D eigenvalue weighted by atomic mass is 10.1. The number of benzene rings is 1. The summed E-state index contributed by atoms with van der Waals surface area (Å²) in [6.07, 6.45) is 33.7. The molecule has 0 aromatic heterocycles. The van der Waals surface area contributed by atoms with Crippen LogP contribution in [0.4, 0.5) is 0 Å². The molecule has 0 unspecified atom stereocenters. The fraction of sp³-hybridized carbons (Fsp3) is 0.367. The molecule has 3 heteroatoms. The van der Waals surface area contributed by atoms with Crippen molar-refractivity contribution < 1.29 is 14.6 Å². The van der Waals surface area contributed by atoms with E-state index in [0.29, 0.717) is 25.9 Å². The van der Waals surface area contributed by atoms with Gasteiger partial charge in [-0.3, -0.25) is 4.79 Å². The van der Waals surface area contributed by atoms with Crippen LogP contribution >= 0.6 is 0 Å². The minimum absolute atomic E-state index is 0.173. The summed E-state index contributed by atoms with van der Waals surface area (Å²) in [5, 5.41) is 9.25. The lowest BCUT2D eigenvalue weighted by Crippen LogP contribution is -2.07. The highest BCUT2D eigenvalue weighted by Gasteiger charge is 2.01. The van der Waals surface area contributed by atoms with Gasteiger partial charge in [-0.2, -0.15) is 0 Å². The highest BCUT2D eigenvalue weighted by atomic mass is 16.5. The monoisotopic (exact) mass is 448 g/mol. The second kappa shape index (κ2) is 20.8. The van der Waals surface area contributed by atoms with Crippen LogP contribution in [0.5, 0.6) is 5.75 Å². The zero-order valence-corrected chi connectivity index (χ0v) is 20.1. The lowest BCUT2D eigenvalue weighted by molar-refractivity contribution is -0.143. The molecule has 1 rings (SSSR count). The zero-order valence-electron chi connectivity index (χ0n) is 20.1. The van der Waals surface area contributed by atoms with Crippen molar-refractivity contribution in [3.63, 3.8) is 0 Å². The number of hydrogen-bond donors (Lipinski definition) is 1. The fourth-order valence-electron chi connectivity index (χ4n) is 2.86. The SMILES string of the molecule is CC/C=C\C/C=C\C/C=C\C/C=C\C/C=C\C/C=C\CCC(=O)OCCc1ccc(O)cc1. The van der Waals surface area contributed by atoms with Crippen molar-refractivity contribution in [2.24, 2.45) is 0 Å². The number of phenolic OH excluding ortho intramolecular Hbond substituents is 1. The third kappa shape index (κ3) is 18.2. The number of aromatic hydroxyl groups is 1. The predicted octanol–water partition coefficient (Wildman–Crippen LogP) is 7.96. The summed E-state index contributed by atoms with van der Waals surface area (Å²) >= 11 is 0. The van der Waals surface area contributed by atoms with Crippen molar-refractivity contribution in [1.29, 1.82) is 0 Å². The average Bonchev–Trinajstić information content (AvgIpc) is 2.82. The number of esters is 1. The summed E-state index contributed by atoms with van der Waals surface area (Å²) in [5.74, 6) is 0.0698. The van der Waals surface area contributed by atoms with Gasteiger partial charge in [-0.25, -0.2) is 0 Å². The molecule has 0 amide bonds. The highest BCUT2D eigenvalue weighted by Crippen LogP contribution is 2.10. The van der Waals surface area contributed by atoms with Gasteiger partial charge in [-0.1, -0.05) is 92.0 Å². The lowest BCUT2D eigenvalue weighted by Gasteiger charge is -2.04. The van der Waals surface area contributed by atoms with Gasteiger partial charge in [0.05, 0.1) is 6.61 Å². The van der Waals surface area contributed by atoms with Gasteiger partial charge in [0.1, 0.15) is 5.75 Å². The molecule has 33 heavy (non-hydrogen) atoms. The van der Waals surface area contributed by atoms with Gasteiger partial charge in [0.2, 0.25) is 0 Å². The minimum Gasteiger partial charge on any atom is -0.508 e. The van der Waals surface area contributed by atoms with Gasteiger partial charge in [-0.05, 0) is 62.6 Å². The third-order valence-corrected chi connectivity index (χ3v) is 4.70. The molecule has 0 heterocycles. The van der Waals surface area contributed by atoms with Crippen LogP contribution in [0, 0.1) is 0 Å². The maximum Gasteiger partial charge on any atom is 0.306 e. The van der Waals surface area contributed by atoms with E-state index >= 15 is 0 Å². The summed E-state index contributed by atoms with van der Waals surface area (Å²) < 4.78 is 5.25. The first-order chi connectivity index (χ1) is 16.2. The number of carbonyl (C=O) groups excluding carboxylic acids is 1. The Morgan fingerprint density at radius 3 is 1.67 bits per heavy atom. The van der Waals surface area contributed by atoms with Crippen LogP contribution in [0.15, 0.2) is 97.2 Å². The van der Waals surface area contributed by atoms with Crippen LogP contribution in [0.25, 0.3) is 0 Å². The van der Waals surface area contributed by atoms with E-state index in [1.807, 2.05) is 18.2 Å². The Balaban J connectivity index is 1.97. The third-order valence-electron chi connectivity index (χ3n) is 4.70. The normalized spacial score (nSPS) is 12.5. The van der Waals surface area contributed by atoms with Crippen molar-refractivity contribution in [3.8, 4) is 5.75 Å². The van der Waals surface area contributed by atoms with Crippen molar-refractivity contribution in [1.82, 2.24) is 0 Å². The number of hydrogen-bond acceptors (Lipinski definition) is 3. The topological polar surface area (TPSA) is 46.5 Å². The smallest absolute Gasteiger partial charge is 0.306 e. The van der Waals surface area contributed by atoms with E-state index in [1.54, 1.807) is 12.1 Å². The molecule has 3 nitrogen and oxygen atoms in total. The summed E-state index contributed by atoms with van der Waals surface area (Å²) in [6.45, 7) is 2.52. The number of allylic oxidation sites excluding steroid dienone is 12. The Morgan fingerprint density at radius 2 is 1.18 bits per heavy atom. The van der Waals surface area contributed by atoms with Crippen molar-refractivity contribution in [2.45, 2.75) is 64.7 Å². The van der Waals surface area contributed by atoms with Crippen LogP contribution in [0.2, 0.25) is 0 Å². The maximum atomic E-state index is 11.7. The summed E-state index contributed by atoms with van der Waals surface area (Å²) in [4.78, 5) is 11.7. The Labute approximate surface area is 200 Å². The van der Waals surface area contributed by atoms with Gasteiger partial charge in [0.15, 0.2) is 0 Å². The number of ether oxygens (including phenoxy) is 1. The fourth-order valence-corrected chi connectivity index (χ4v) is 2.86. The van der Waals surface area contributed by atoms with Gasteiger partial charge in [0, 0.05) is 12.8 Å². The van der Waals surface area contributed by atoms with E-state index in [-0.39, 0.29) is 11.7 Å². The first-order valence-corrected chi connectivity index (χ1v) is 12.1. The Morgan fingerprint density at radius 1 is 0.727 bits per heavy atom. The maximum absolute atomic E-state index is 11.7. The minimum atomic E-state index is -0.173. The van der Waals surface area contributed by atoms with Crippen molar-refractivity contribution in [3.05, 3.63) is 103 Å². The molecule has 1 aromatic carbocycles. The molecule has 0 radical (unpaired) electrons. The molecular weight excluding hydrogens is 408 g/mol. The summed E-state index contributed by atoms with van der Waals surface area (Å²) in [7, 11) is 0. The van der Waals surface area contributed by atoms with E-state index in [0.717, 1.165) is 44.1 Å². The molecule has 0 bridgehead atoms.